The number of H-pyrrole nitrogens is 1. The minimum Gasteiger partial charge on any atom is -0.465 e. The third kappa shape index (κ3) is 7.95. The SMILES string of the molecule is O=C(NCc1cccs1)[C@@H]1C(c2ccccc2Cl)N(C(=O)O)CCN1C(=O)C(CC1CCCCC1)NC1CCC(c2n[nH]c(=O)o2)CC1. The van der Waals surface area contributed by atoms with E-state index in [2.05, 4.69) is 20.8 Å². The molecule has 1 saturated heterocycles. The fraction of sp³-hybridized carbons (Fsp3) is 0.559. The minimum atomic E-state index is -1.18. The molecule has 0 bridgehead atoms. The van der Waals surface area contributed by atoms with Crippen LogP contribution in [0.3, 0.4) is 0 Å². The number of benzene rings is 1. The molecule has 1 aliphatic heterocycles. The molecule has 3 heterocycles. The summed E-state index contributed by atoms with van der Waals surface area (Å²) in [6.45, 7) is 0.388. The summed E-state index contributed by atoms with van der Waals surface area (Å²) < 4.78 is 5.22. The van der Waals surface area contributed by atoms with Gasteiger partial charge in [0.15, 0.2) is 0 Å². The molecule has 48 heavy (non-hydrogen) atoms. The highest BCUT2D eigenvalue weighted by molar-refractivity contribution is 7.09. The zero-order chi connectivity index (χ0) is 33.6. The number of aromatic nitrogens is 2. The zero-order valence-corrected chi connectivity index (χ0v) is 28.4. The van der Waals surface area contributed by atoms with Gasteiger partial charge in [0.1, 0.15) is 6.04 Å². The van der Waals surface area contributed by atoms with Crippen LogP contribution in [0.25, 0.3) is 0 Å². The number of rotatable bonds is 10. The molecule has 2 aliphatic carbocycles. The molecule has 3 aliphatic rings. The van der Waals surface area contributed by atoms with Gasteiger partial charge in [-0.05, 0) is 61.1 Å². The lowest BCUT2D eigenvalue weighted by atomic mass is 9.82. The van der Waals surface area contributed by atoms with Gasteiger partial charge in [0.2, 0.25) is 17.7 Å². The predicted molar refractivity (Wildman–Crippen MR) is 181 cm³/mol. The highest BCUT2D eigenvalue weighted by atomic mass is 35.5. The number of carbonyl (C=O) groups is 3. The van der Waals surface area contributed by atoms with Crippen molar-refractivity contribution in [3.8, 4) is 0 Å². The van der Waals surface area contributed by atoms with Crippen LogP contribution in [0.2, 0.25) is 5.02 Å². The average Bonchev–Trinajstić information content (AvgIpc) is 3.79. The Balaban J connectivity index is 1.28. The van der Waals surface area contributed by atoms with Crippen LogP contribution in [-0.4, -0.2) is 74.2 Å². The molecular weight excluding hydrogens is 656 g/mol. The van der Waals surface area contributed by atoms with Gasteiger partial charge in [0, 0.05) is 34.9 Å². The summed E-state index contributed by atoms with van der Waals surface area (Å²) in [7, 11) is 0. The Labute approximate surface area is 288 Å². The van der Waals surface area contributed by atoms with E-state index in [4.69, 9.17) is 16.0 Å². The Kier molecular flexibility index (Phi) is 11.2. The molecule has 4 N–H and O–H groups in total. The molecule has 3 fully saturated rings. The minimum absolute atomic E-state index is 0.0337. The monoisotopic (exact) mass is 698 g/mol. The molecule has 0 spiro atoms. The quantitative estimate of drug-likeness (QED) is 0.222. The van der Waals surface area contributed by atoms with Gasteiger partial charge in [-0.2, -0.15) is 0 Å². The van der Waals surface area contributed by atoms with Crippen molar-refractivity contribution in [3.05, 3.63) is 73.7 Å². The Morgan fingerprint density at radius 2 is 1.77 bits per heavy atom. The van der Waals surface area contributed by atoms with Crippen molar-refractivity contribution < 1.29 is 23.9 Å². The number of carboxylic acid groups (broad SMARTS) is 1. The predicted octanol–water partition coefficient (Wildman–Crippen LogP) is 5.28. The van der Waals surface area contributed by atoms with Gasteiger partial charge in [-0.1, -0.05) is 68.0 Å². The van der Waals surface area contributed by atoms with Crippen LogP contribution in [0.1, 0.15) is 92.5 Å². The van der Waals surface area contributed by atoms with Crippen LogP contribution in [0.5, 0.6) is 0 Å². The van der Waals surface area contributed by atoms with Crippen LogP contribution in [0.15, 0.2) is 51.0 Å². The van der Waals surface area contributed by atoms with Crippen molar-refractivity contribution in [2.24, 2.45) is 5.92 Å². The second-order valence-electron chi connectivity index (χ2n) is 13.2. The zero-order valence-electron chi connectivity index (χ0n) is 26.8. The van der Waals surface area contributed by atoms with Gasteiger partial charge in [0.05, 0.1) is 18.6 Å². The lowest BCUT2D eigenvalue weighted by Crippen LogP contribution is -2.65. The van der Waals surface area contributed by atoms with E-state index in [1.54, 1.807) is 29.2 Å². The molecule has 6 rings (SSSR count). The first-order valence-electron chi connectivity index (χ1n) is 16.9. The molecule has 258 valence electrons. The number of halogens is 1. The molecular formula is C34H43ClN6O6S. The first kappa shape index (κ1) is 34.2. The molecule has 14 heteroatoms. The molecule has 2 saturated carbocycles. The molecule has 12 nitrogen and oxygen atoms in total. The van der Waals surface area contributed by atoms with E-state index in [0.717, 1.165) is 56.2 Å². The smallest absolute Gasteiger partial charge is 0.434 e. The summed E-state index contributed by atoms with van der Waals surface area (Å²) in [4.78, 5) is 57.0. The molecule has 3 atom stereocenters. The van der Waals surface area contributed by atoms with E-state index in [1.807, 2.05) is 17.5 Å². The van der Waals surface area contributed by atoms with Gasteiger partial charge in [-0.15, -0.1) is 16.4 Å². The molecule has 0 radical (unpaired) electrons. The molecule has 2 unspecified atom stereocenters. The molecule has 1 aromatic carbocycles. The largest absolute Gasteiger partial charge is 0.465 e. The van der Waals surface area contributed by atoms with Gasteiger partial charge in [0.25, 0.3) is 0 Å². The highest BCUT2D eigenvalue weighted by Crippen LogP contribution is 2.38. The Morgan fingerprint density at radius 1 is 1.02 bits per heavy atom. The third-order valence-electron chi connectivity index (χ3n) is 10.2. The summed E-state index contributed by atoms with van der Waals surface area (Å²) in [5, 5.41) is 25.6. The van der Waals surface area contributed by atoms with E-state index in [9.17, 15) is 24.3 Å². The number of thiophene rings is 1. The summed E-state index contributed by atoms with van der Waals surface area (Å²) in [6.07, 6.45) is 8.09. The fourth-order valence-corrected chi connectivity index (χ4v) is 8.62. The summed E-state index contributed by atoms with van der Waals surface area (Å²) in [6, 6.07) is 8.13. The first-order valence-corrected chi connectivity index (χ1v) is 18.2. The Bertz CT molecular complexity index is 1600. The van der Waals surface area contributed by atoms with Gasteiger partial charge < -0.3 is 25.1 Å². The van der Waals surface area contributed by atoms with E-state index < -0.39 is 35.9 Å². The van der Waals surface area contributed by atoms with Gasteiger partial charge in [-0.3, -0.25) is 14.5 Å². The number of carbonyl (C=O) groups excluding carboxylic acids is 2. The second-order valence-corrected chi connectivity index (χ2v) is 14.6. The van der Waals surface area contributed by atoms with Gasteiger partial charge in [-0.25, -0.2) is 14.7 Å². The van der Waals surface area contributed by atoms with Crippen LogP contribution in [0.4, 0.5) is 4.79 Å². The fourth-order valence-electron chi connectivity index (χ4n) is 7.73. The van der Waals surface area contributed by atoms with Crippen LogP contribution in [-0.2, 0) is 16.1 Å². The summed E-state index contributed by atoms with van der Waals surface area (Å²) in [5.74, 6) is -0.349. The Hall–Kier alpha value is -3.68. The molecule has 3 aromatic rings. The van der Waals surface area contributed by atoms with Crippen LogP contribution >= 0.6 is 22.9 Å². The van der Waals surface area contributed by atoms with E-state index in [-0.39, 0.29) is 37.5 Å². The van der Waals surface area contributed by atoms with Crippen LogP contribution in [0, 0.1) is 5.92 Å². The normalized spacial score (nSPS) is 24.3. The standard InChI is InChI=1S/C34H43ClN6O6S/c35-26-11-5-4-10-25(26)28-29(30(42)36-20-24-9-6-18-48-24)40(16-17-41(28)34(45)46)32(43)27(19-21-7-2-1-3-8-21)37-23-14-12-22(13-15-23)31-38-39-33(44)47-31/h4-6,9-11,18,21-23,27-29,37H,1-3,7-8,12-17,19-20H2,(H,36,42)(H,39,44)(H,45,46)/t22?,23?,27?,28?,29-/m0/s1. The average molecular weight is 699 g/mol. The summed E-state index contributed by atoms with van der Waals surface area (Å²) >= 11 is 8.17. The Morgan fingerprint density at radius 3 is 2.44 bits per heavy atom. The lowest BCUT2D eigenvalue weighted by Gasteiger charge is -2.47. The maximum atomic E-state index is 14.8. The number of nitrogens with one attached hydrogen (secondary N) is 3. The number of nitrogens with zero attached hydrogens (tertiary/aromatic N) is 3. The first-order chi connectivity index (χ1) is 23.3. The lowest BCUT2D eigenvalue weighted by molar-refractivity contribution is -0.149. The number of aromatic amines is 1. The van der Waals surface area contributed by atoms with Crippen LogP contribution < -0.4 is 16.4 Å². The number of piperazine rings is 1. The number of hydrogen-bond donors (Lipinski definition) is 4. The van der Waals surface area contributed by atoms with Crippen molar-refractivity contribution in [3.63, 3.8) is 0 Å². The van der Waals surface area contributed by atoms with Crippen molar-refractivity contribution in [1.82, 2.24) is 30.6 Å². The third-order valence-corrected chi connectivity index (χ3v) is 11.4. The van der Waals surface area contributed by atoms with Crippen molar-refractivity contribution >= 4 is 40.8 Å². The maximum Gasteiger partial charge on any atom is 0.434 e. The molecule has 3 amide bonds. The number of amides is 3. The topological polar surface area (TPSA) is 161 Å². The second kappa shape index (κ2) is 15.7. The van der Waals surface area contributed by atoms with E-state index >= 15 is 0 Å². The van der Waals surface area contributed by atoms with Crippen molar-refractivity contribution in [2.45, 2.75) is 101 Å². The maximum absolute atomic E-state index is 14.8. The summed E-state index contributed by atoms with van der Waals surface area (Å²) in [5.41, 5.74) is 0.482. The van der Waals surface area contributed by atoms with Crippen molar-refractivity contribution in [2.75, 3.05) is 13.1 Å². The van der Waals surface area contributed by atoms with E-state index in [0.29, 0.717) is 28.8 Å². The highest BCUT2D eigenvalue weighted by Gasteiger charge is 2.48. The van der Waals surface area contributed by atoms with Crippen molar-refractivity contribution in [1.29, 1.82) is 0 Å². The molecule has 2 aromatic heterocycles. The van der Waals surface area contributed by atoms with Gasteiger partial charge >= 0.3 is 11.8 Å². The number of hydrogen-bond acceptors (Lipinski definition) is 8. The van der Waals surface area contributed by atoms with E-state index in [1.165, 1.54) is 22.7 Å².